The van der Waals surface area contributed by atoms with Crippen LogP contribution in [0.5, 0.6) is 17.6 Å². The molecule has 12 heteroatoms. The first kappa shape index (κ1) is 50.4. The van der Waals surface area contributed by atoms with E-state index >= 15 is 0 Å². The molecule has 4 aromatic rings. The SMILES string of the molecule is C.C.C.CC1=C(OC(C)C)CN(C)C1=O.Cc1c(OC(C)C)c2ccccc2oc1=O.Cc1cc(OC(C)C)n(C)n1.Cc1noc(OC(C)C)c1C. The van der Waals surface area contributed by atoms with Crippen LogP contribution >= 0.6 is 0 Å². The number of fused-ring (bicyclic) bond motifs is 1. The third-order valence-corrected chi connectivity index (χ3v) is 6.95. The average molecular weight is 745 g/mol. The van der Waals surface area contributed by atoms with Crippen LogP contribution in [0.3, 0.4) is 0 Å². The third-order valence-electron chi connectivity index (χ3n) is 6.95. The fraction of sp³-hybridized carbons (Fsp3) is 0.561. The van der Waals surface area contributed by atoms with Crippen molar-refractivity contribution >= 4 is 16.9 Å². The fourth-order valence-electron chi connectivity index (χ4n) is 4.48. The molecule has 12 nitrogen and oxygen atoms in total. The number of amides is 1. The Morgan fingerprint density at radius 3 is 1.72 bits per heavy atom. The first-order valence-electron chi connectivity index (χ1n) is 16.9. The quantitative estimate of drug-likeness (QED) is 0.161. The standard InChI is InChI=1S/C13H14O3.C9H15NO2.C8H14N2O.C8H13NO2.3CH4/c1-8(2)15-12-9(3)13(14)16-11-7-5-4-6-10(11)12;1-6(2)12-8-5-10(4)9(11)7(8)3;1-6(2)11-8-5-7(3)9-10(8)4;1-5(2)10-8-6(3)7(4)9-11-8;;;/h4-8H,1-3H3;6H,5H2,1-4H3;5-6H,1-4H3;5H,1-4H3;3*1H4. The normalized spacial score (nSPS) is 11.8. The molecule has 1 aliphatic rings. The summed E-state index contributed by atoms with van der Waals surface area (Å²) < 4.78 is 33.8. The topological polar surface area (TPSA) is 131 Å². The number of likely N-dealkylation sites (N-methyl/N-ethyl adjacent to an activating group) is 1. The molecule has 0 N–H and O–H groups in total. The Morgan fingerprint density at radius 2 is 1.28 bits per heavy atom. The summed E-state index contributed by atoms with van der Waals surface area (Å²) in [6.45, 7) is 25.6. The van der Waals surface area contributed by atoms with Crippen molar-refractivity contribution in [1.82, 2.24) is 19.8 Å². The van der Waals surface area contributed by atoms with Crippen LogP contribution in [-0.2, 0) is 16.6 Å². The van der Waals surface area contributed by atoms with Gasteiger partial charge in [-0.2, -0.15) is 5.10 Å². The van der Waals surface area contributed by atoms with Gasteiger partial charge in [0.1, 0.15) is 17.1 Å². The lowest BCUT2D eigenvalue weighted by molar-refractivity contribution is -0.124. The number of nitrogens with zero attached hydrogens (tertiary/aromatic N) is 4. The lowest BCUT2D eigenvalue weighted by atomic mass is 10.1. The molecule has 0 bridgehead atoms. The van der Waals surface area contributed by atoms with Gasteiger partial charge in [-0.15, -0.1) is 0 Å². The molecule has 1 aliphatic heterocycles. The molecule has 0 unspecified atom stereocenters. The molecule has 300 valence electrons. The van der Waals surface area contributed by atoms with Crippen LogP contribution in [0.15, 0.2) is 55.4 Å². The Bertz CT molecular complexity index is 1770. The van der Waals surface area contributed by atoms with Gasteiger partial charge in [-0.25, -0.2) is 9.48 Å². The maximum Gasteiger partial charge on any atom is 0.342 e. The van der Waals surface area contributed by atoms with Crippen molar-refractivity contribution in [1.29, 1.82) is 0 Å². The smallest absolute Gasteiger partial charge is 0.342 e. The summed E-state index contributed by atoms with van der Waals surface area (Å²) >= 11 is 0. The van der Waals surface area contributed by atoms with E-state index < -0.39 is 0 Å². The fourth-order valence-corrected chi connectivity index (χ4v) is 4.48. The number of aryl methyl sites for hydroxylation is 3. The molecule has 0 aliphatic carbocycles. The summed E-state index contributed by atoms with van der Waals surface area (Å²) in [5, 5.41) is 8.77. The molecular formula is C41H68N4O8. The second kappa shape index (κ2) is 23.0. The molecular weight excluding hydrogens is 676 g/mol. The Balaban J connectivity index is 0. The van der Waals surface area contributed by atoms with Crippen LogP contribution in [0.2, 0.25) is 0 Å². The monoisotopic (exact) mass is 745 g/mol. The third kappa shape index (κ3) is 15.4. The zero-order valence-electron chi connectivity index (χ0n) is 32.5. The molecule has 1 amide bonds. The minimum Gasteiger partial charge on any atom is -0.493 e. The Hall–Kier alpha value is -4.74. The zero-order valence-corrected chi connectivity index (χ0v) is 32.5. The van der Waals surface area contributed by atoms with Gasteiger partial charge in [-0.3, -0.25) is 4.79 Å². The maximum absolute atomic E-state index is 11.6. The molecule has 0 saturated carbocycles. The minimum atomic E-state index is -0.339. The largest absolute Gasteiger partial charge is 0.493 e. The Labute approximate surface area is 318 Å². The summed E-state index contributed by atoms with van der Waals surface area (Å²) in [6, 6.07) is 9.32. The molecule has 5 rings (SSSR count). The van der Waals surface area contributed by atoms with E-state index in [1.54, 1.807) is 29.6 Å². The molecule has 4 heterocycles. The molecule has 0 spiro atoms. The summed E-state index contributed by atoms with van der Waals surface area (Å²) in [5.41, 5.74) is 4.35. The van der Waals surface area contributed by atoms with Crippen LogP contribution in [0.4, 0.5) is 0 Å². The molecule has 53 heavy (non-hydrogen) atoms. The van der Waals surface area contributed by atoms with Gasteiger partial charge in [0, 0.05) is 20.2 Å². The predicted octanol–water partition coefficient (Wildman–Crippen LogP) is 9.55. The Morgan fingerprint density at radius 1 is 0.736 bits per heavy atom. The van der Waals surface area contributed by atoms with E-state index in [4.69, 9.17) is 27.9 Å². The van der Waals surface area contributed by atoms with Crippen LogP contribution in [-0.4, -0.2) is 63.8 Å². The predicted molar refractivity (Wildman–Crippen MR) is 215 cm³/mol. The molecule has 3 aromatic heterocycles. The van der Waals surface area contributed by atoms with Crippen molar-refractivity contribution < 1.29 is 32.7 Å². The van der Waals surface area contributed by atoms with Gasteiger partial charge in [0.15, 0.2) is 0 Å². The molecule has 0 saturated heterocycles. The van der Waals surface area contributed by atoms with Crippen LogP contribution in [0.1, 0.15) is 107 Å². The average Bonchev–Trinajstić information content (AvgIpc) is 3.59. The van der Waals surface area contributed by atoms with Crippen molar-refractivity contribution in [2.75, 3.05) is 13.6 Å². The van der Waals surface area contributed by atoms with E-state index in [-0.39, 0.29) is 58.2 Å². The molecule has 0 radical (unpaired) electrons. The second-order valence-corrected chi connectivity index (χ2v) is 13.1. The van der Waals surface area contributed by atoms with Gasteiger partial charge < -0.3 is 32.8 Å². The lowest BCUT2D eigenvalue weighted by Gasteiger charge is -2.13. The van der Waals surface area contributed by atoms with Crippen molar-refractivity contribution in [3.05, 3.63) is 74.6 Å². The highest BCUT2D eigenvalue weighted by molar-refractivity contribution is 5.95. The Kier molecular flexibility index (Phi) is 21.9. The number of hydrogen-bond donors (Lipinski definition) is 0. The summed E-state index contributed by atoms with van der Waals surface area (Å²) in [7, 11) is 3.66. The van der Waals surface area contributed by atoms with Gasteiger partial charge in [-0.05, 0) is 102 Å². The number of carbonyl (C=O) groups excluding carboxylic acids is 1. The summed E-state index contributed by atoms with van der Waals surface area (Å²) in [5.74, 6) is 2.89. The van der Waals surface area contributed by atoms with Gasteiger partial charge >= 0.3 is 11.6 Å². The number of carbonyl (C=O) groups is 1. The number of rotatable bonds is 8. The van der Waals surface area contributed by atoms with Crippen LogP contribution in [0, 0.1) is 27.7 Å². The number of ether oxygens (including phenoxy) is 4. The maximum atomic E-state index is 11.6. The highest BCUT2D eigenvalue weighted by Gasteiger charge is 2.25. The van der Waals surface area contributed by atoms with Crippen molar-refractivity contribution in [2.24, 2.45) is 7.05 Å². The van der Waals surface area contributed by atoms with E-state index in [1.165, 1.54) is 0 Å². The molecule has 0 atom stereocenters. The molecule has 0 fully saturated rings. The van der Waals surface area contributed by atoms with Gasteiger partial charge in [0.25, 0.3) is 5.91 Å². The zero-order chi connectivity index (χ0) is 37.9. The number of benzene rings is 1. The van der Waals surface area contributed by atoms with E-state index in [0.717, 1.165) is 39.5 Å². The second-order valence-electron chi connectivity index (χ2n) is 13.1. The van der Waals surface area contributed by atoms with Crippen molar-refractivity contribution in [2.45, 2.75) is 137 Å². The van der Waals surface area contributed by atoms with Crippen molar-refractivity contribution in [3.63, 3.8) is 0 Å². The highest BCUT2D eigenvalue weighted by atomic mass is 16.6. The number of hydrogen-bond acceptors (Lipinski definition) is 10. The highest BCUT2D eigenvalue weighted by Crippen LogP contribution is 2.27. The van der Waals surface area contributed by atoms with Gasteiger partial charge in [-0.1, -0.05) is 39.6 Å². The van der Waals surface area contributed by atoms with Gasteiger partial charge in [0.2, 0.25) is 5.88 Å². The number of para-hydroxylation sites is 1. The minimum absolute atomic E-state index is 0. The van der Waals surface area contributed by atoms with E-state index in [9.17, 15) is 9.59 Å². The van der Waals surface area contributed by atoms with Gasteiger partial charge in [0.05, 0.1) is 64.4 Å². The van der Waals surface area contributed by atoms with E-state index in [1.807, 2.05) is 114 Å². The lowest BCUT2D eigenvalue weighted by Crippen LogP contribution is -2.21. The summed E-state index contributed by atoms with van der Waals surface area (Å²) in [4.78, 5) is 24.5. The van der Waals surface area contributed by atoms with Crippen molar-refractivity contribution in [3.8, 4) is 17.6 Å². The summed E-state index contributed by atoms with van der Waals surface area (Å²) in [6.07, 6.45) is 0.531. The first-order chi connectivity index (χ1) is 23.3. The first-order valence-corrected chi connectivity index (χ1v) is 16.9. The number of aromatic nitrogens is 3. The van der Waals surface area contributed by atoms with E-state index in [2.05, 4.69) is 10.3 Å². The van der Waals surface area contributed by atoms with Crippen LogP contribution < -0.4 is 19.8 Å². The van der Waals surface area contributed by atoms with E-state index in [0.29, 0.717) is 29.4 Å². The molecule has 1 aromatic carbocycles. The van der Waals surface area contributed by atoms with Crippen LogP contribution in [0.25, 0.3) is 11.0 Å².